The van der Waals surface area contributed by atoms with E-state index in [4.69, 9.17) is 10.5 Å². The lowest BCUT2D eigenvalue weighted by Gasteiger charge is -2.33. The molecule has 0 bridgehead atoms. The van der Waals surface area contributed by atoms with E-state index in [9.17, 15) is 9.18 Å². The molecule has 1 saturated heterocycles. The highest BCUT2D eigenvalue weighted by Crippen LogP contribution is 2.40. The zero-order valence-corrected chi connectivity index (χ0v) is 16.1. The Morgan fingerprint density at radius 1 is 1.21 bits per heavy atom. The Labute approximate surface area is 169 Å². The molecular weight excluding hydrogens is 371 g/mol. The molecule has 29 heavy (non-hydrogen) atoms. The van der Waals surface area contributed by atoms with Crippen LogP contribution < -0.4 is 20.8 Å². The van der Waals surface area contributed by atoms with Crippen LogP contribution in [-0.4, -0.2) is 37.4 Å². The van der Waals surface area contributed by atoms with E-state index in [-0.39, 0.29) is 29.7 Å². The van der Waals surface area contributed by atoms with Gasteiger partial charge in [0.15, 0.2) is 0 Å². The lowest BCUT2D eigenvalue weighted by Crippen LogP contribution is -2.44. The molecule has 3 heterocycles. The first-order valence-electron chi connectivity index (χ1n) is 9.97. The summed E-state index contributed by atoms with van der Waals surface area (Å²) in [6, 6.07) is 14.8. The first-order chi connectivity index (χ1) is 14.1. The van der Waals surface area contributed by atoms with Gasteiger partial charge in [-0.15, -0.1) is 0 Å². The molecule has 3 N–H and O–H groups in total. The SMILES string of the molecule is Fc1ccc2c(c1)N1N=CC(c3ccccc3)C1CO2.NC(=O)C1CCCCN1. The first-order valence-corrected chi connectivity index (χ1v) is 9.97. The number of primary amides is 1. The molecule has 7 heteroatoms. The third-order valence-corrected chi connectivity index (χ3v) is 5.50. The van der Waals surface area contributed by atoms with Gasteiger partial charge in [0.25, 0.3) is 0 Å². The van der Waals surface area contributed by atoms with E-state index in [0.717, 1.165) is 19.4 Å². The molecule has 2 aromatic carbocycles. The van der Waals surface area contributed by atoms with E-state index in [1.54, 1.807) is 6.07 Å². The Morgan fingerprint density at radius 3 is 2.72 bits per heavy atom. The number of anilines is 1. The zero-order chi connectivity index (χ0) is 20.2. The average molecular weight is 396 g/mol. The number of hydrazone groups is 1. The minimum atomic E-state index is -0.272. The van der Waals surface area contributed by atoms with Gasteiger partial charge >= 0.3 is 0 Å². The van der Waals surface area contributed by atoms with Crippen LogP contribution in [-0.2, 0) is 4.79 Å². The molecule has 0 aliphatic carbocycles. The van der Waals surface area contributed by atoms with Gasteiger partial charge in [-0.05, 0) is 37.1 Å². The van der Waals surface area contributed by atoms with Crippen LogP contribution in [0.15, 0.2) is 53.6 Å². The van der Waals surface area contributed by atoms with Crippen LogP contribution in [0.25, 0.3) is 0 Å². The molecular formula is C22H25FN4O2. The maximum Gasteiger partial charge on any atom is 0.234 e. The Bertz CT molecular complexity index is 884. The summed E-state index contributed by atoms with van der Waals surface area (Å²) in [4.78, 5) is 10.5. The second kappa shape index (κ2) is 8.61. The number of nitrogens with zero attached hydrogens (tertiary/aromatic N) is 2. The smallest absolute Gasteiger partial charge is 0.234 e. The normalized spacial score (nSPS) is 24.6. The van der Waals surface area contributed by atoms with Crippen molar-refractivity contribution in [3.8, 4) is 5.75 Å². The number of carbonyl (C=O) groups is 1. The van der Waals surface area contributed by atoms with Gasteiger partial charge in [-0.25, -0.2) is 4.39 Å². The third kappa shape index (κ3) is 4.24. The number of fused-ring (bicyclic) bond motifs is 3. The van der Waals surface area contributed by atoms with Crippen LogP contribution in [0, 0.1) is 5.82 Å². The molecule has 3 unspecified atom stereocenters. The van der Waals surface area contributed by atoms with Crippen molar-refractivity contribution < 1.29 is 13.9 Å². The van der Waals surface area contributed by atoms with Crippen LogP contribution >= 0.6 is 0 Å². The molecule has 3 atom stereocenters. The van der Waals surface area contributed by atoms with Gasteiger partial charge in [-0.2, -0.15) is 5.10 Å². The Morgan fingerprint density at radius 2 is 2.03 bits per heavy atom. The molecule has 1 amide bonds. The highest BCUT2D eigenvalue weighted by molar-refractivity contribution is 5.80. The summed E-state index contributed by atoms with van der Waals surface area (Å²) in [6.07, 6.45) is 5.13. The third-order valence-electron chi connectivity index (χ3n) is 5.50. The minimum absolute atomic E-state index is 0.0567. The maximum absolute atomic E-state index is 13.4. The average Bonchev–Trinajstić information content (AvgIpc) is 3.20. The molecule has 6 nitrogen and oxygen atoms in total. The van der Waals surface area contributed by atoms with Crippen LogP contribution in [0.4, 0.5) is 10.1 Å². The molecule has 152 valence electrons. The number of rotatable bonds is 2. The predicted molar refractivity (Wildman–Crippen MR) is 111 cm³/mol. The number of piperidine rings is 1. The lowest BCUT2D eigenvalue weighted by atomic mass is 9.93. The van der Waals surface area contributed by atoms with Crippen molar-refractivity contribution in [2.24, 2.45) is 10.8 Å². The molecule has 3 aliphatic heterocycles. The molecule has 5 rings (SSSR count). The Hall–Kier alpha value is -2.93. The Balaban J connectivity index is 0.000000192. The fourth-order valence-electron chi connectivity index (χ4n) is 3.94. The minimum Gasteiger partial charge on any atom is -0.489 e. The van der Waals surface area contributed by atoms with E-state index in [1.807, 2.05) is 29.4 Å². The molecule has 3 aliphatic rings. The molecule has 1 fully saturated rings. The Kier molecular flexibility index (Phi) is 5.76. The quantitative estimate of drug-likeness (QED) is 0.818. The van der Waals surface area contributed by atoms with E-state index < -0.39 is 0 Å². The largest absolute Gasteiger partial charge is 0.489 e. The van der Waals surface area contributed by atoms with E-state index in [2.05, 4.69) is 22.6 Å². The topological polar surface area (TPSA) is 79.9 Å². The monoisotopic (exact) mass is 396 g/mol. The summed E-state index contributed by atoms with van der Waals surface area (Å²) in [7, 11) is 0. The van der Waals surface area contributed by atoms with Crippen LogP contribution in [0.3, 0.4) is 0 Å². The first kappa shape index (κ1) is 19.4. The van der Waals surface area contributed by atoms with Gasteiger partial charge in [0, 0.05) is 18.2 Å². The number of nitrogens with one attached hydrogen (secondary N) is 1. The van der Waals surface area contributed by atoms with Crippen molar-refractivity contribution in [2.45, 2.75) is 37.3 Å². The van der Waals surface area contributed by atoms with Gasteiger partial charge in [0.2, 0.25) is 5.91 Å². The van der Waals surface area contributed by atoms with Gasteiger partial charge in [-0.1, -0.05) is 36.8 Å². The van der Waals surface area contributed by atoms with Crippen molar-refractivity contribution >= 4 is 17.8 Å². The highest BCUT2D eigenvalue weighted by atomic mass is 19.1. The summed E-state index contributed by atoms with van der Waals surface area (Å²) >= 11 is 0. The number of ether oxygens (including phenoxy) is 1. The van der Waals surface area contributed by atoms with Crippen LogP contribution in [0.1, 0.15) is 30.7 Å². The van der Waals surface area contributed by atoms with Gasteiger partial charge in [0.1, 0.15) is 23.9 Å². The lowest BCUT2D eigenvalue weighted by molar-refractivity contribution is -0.120. The number of halogens is 1. The van der Waals surface area contributed by atoms with E-state index in [1.165, 1.54) is 24.1 Å². The van der Waals surface area contributed by atoms with Gasteiger partial charge in [-0.3, -0.25) is 9.80 Å². The fraction of sp³-hybridized carbons (Fsp3) is 0.364. The van der Waals surface area contributed by atoms with Crippen LogP contribution in [0.5, 0.6) is 5.75 Å². The van der Waals surface area contributed by atoms with Crippen molar-refractivity contribution in [1.29, 1.82) is 0 Å². The molecule has 0 aromatic heterocycles. The number of nitrogens with two attached hydrogens (primary N) is 1. The standard InChI is InChI=1S/C16H13FN2O.C6H12N2O/c17-12-6-7-16-14(8-12)19-15(10-20-16)13(9-18-19)11-4-2-1-3-5-11;7-6(9)5-3-1-2-4-8-5/h1-9,13,15H,10H2;5,8H,1-4H2,(H2,7,9). The molecule has 0 spiro atoms. The number of hydrogen-bond acceptors (Lipinski definition) is 5. The van der Waals surface area contributed by atoms with Crippen LogP contribution in [0.2, 0.25) is 0 Å². The van der Waals surface area contributed by atoms with E-state index >= 15 is 0 Å². The second-order valence-electron chi connectivity index (χ2n) is 7.44. The van der Waals surface area contributed by atoms with E-state index in [0.29, 0.717) is 18.0 Å². The summed E-state index contributed by atoms with van der Waals surface area (Å²) in [5, 5.41) is 9.38. The van der Waals surface area contributed by atoms with Crippen molar-refractivity contribution in [2.75, 3.05) is 18.2 Å². The summed E-state index contributed by atoms with van der Waals surface area (Å²) in [5.74, 6) is 0.377. The van der Waals surface area contributed by atoms with Gasteiger partial charge in [0.05, 0.1) is 12.1 Å². The predicted octanol–water partition coefficient (Wildman–Crippen LogP) is 2.79. The van der Waals surface area contributed by atoms with Crippen molar-refractivity contribution in [1.82, 2.24) is 5.32 Å². The molecule has 0 saturated carbocycles. The highest BCUT2D eigenvalue weighted by Gasteiger charge is 2.38. The number of benzene rings is 2. The van der Waals surface area contributed by atoms with Crippen molar-refractivity contribution in [3.05, 3.63) is 59.9 Å². The number of amides is 1. The maximum atomic E-state index is 13.4. The summed E-state index contributed by atoms with van der Waals surface area (Å²) < 4.78 is 19.2. The summed E-state index contributed by atoms with van der Waals surface area (Å²) in [5.41, 5.74) is 6.97. The molecule has 0 radical (unpaired) electrons. The fourth-order valence-corrected chi connectivity index (χ4v) is 3.94. The molecule has 2 aromatic rings. The van der Waals surface area contributed by atoms with Crippen molar-refractivity contribution in [3.63, 3.8) is 0 Å². The number of hydrogen-bond donors (Lipinski definition) is 2. The second-order valence-corrected chi connectivity index (χ2v) is 7.44. The summed E-state index contributed by atoms with van der Waals surface area (Å²) in [6.45, 7) is 1.49. The van der Waals surface area contributed by atoms with Gasteiger partial charge < -0.3 is 15.8 Å². The zero-order valence-electron chi connectivity index (χ0n) is 16.1. The number of carbonyl (C=O) groups excluding carboxylic acids is 1.